The van der Waals surface area contributed by atoms with Gasteiger partial charge in [0.1, 0.15) is 6.61 Å². The lowest BCUT2D eigenvalue weighted by atomic mass is 10.1. The van der Waals surface area contributed by atoms with Crippen LogP contribution in [0.25, 0.3) is 0 Å². The van der Waals surface area contributed by atoms with Crippen molar-refractivity contribution in [3.8, 4) is 0 Å². The van der Waals surface area contributed by atoms with Crippen molar-refractivity contribution in [2.45, 2.75) is 31.8 Å². The summed E-state index contributed by atoms with van der Waals surface area (Å²) >= 11 is 0. The molecule has 1 unspecified atom stereocenters. The van der Waals surface area contributed by atoms with Crippen LogP contribution in [0, 0.1) is 0 Å². The van der Waals surface area contributed by atoms with E-state index in [2.05, 4.69) is 9.47 Å². The average molecular weight is 194 g/mol. The summed E-state index contributed by atoms with van der Waals surface area (Å²) in [5.74, 6) is -3.33. The van der Waals surface area contributed by atoms with Crippen LogP contribution in [0.4, 0.5) is 8.78 Å². The first-order valence-electron chi connectivity index (χ1n) is 4.21. The van der Waals surface area contributed by atoms with E-state index >= 15 is 0 Å². The minimum absolute atomic E-state index is 0.0336. The molecule has 0 amide bonds. The molecule has 1 heterocycles. The Morgan fingerprint density at radius 1 is 1.69 bits per heavy atom. The molecule has 1 saturated heterocycles. The Balaban J connectivity index is 2.36. The summed E-state index contributed by atoms with van der Waals surface area (Å²) in [6.45, 7) is 1.22. The van der Waals surface area contributed by atoms with E-state index in [1.54, 1.807) is 6.92 Å². The number of hydrogen-bond acceptors (Lipinski definition) is 3. The normalized spacial score (nSPS) is 26.8. The summed E-state index contributed by atoms with van der Waals surface area (Å²) < 4.78 is 34.4. The van der Waals surface area contributed by atoms with E-state index < -0.39 is 24.6 Å². The molecule has 1 fully saturated rings. The van der Waals surface area contributed by atoms with Crippen LogP contribution >= 0.6 is 0 Å². The van der Waals surface area contributed by atoms with E-state index in [0.29, 0.717) is 0 Å². The van der Waals surface area contributed by atoms with E-state index in [-0.39, 0.29) is 19.4 Å². The largest absolute Gasteiger partial charge is 0.464 e. The average Bonchev–Trinajstić information content (AvgIpc) is 2.04. The molecular weight excluding hydrogens is 182 g/mol. The van der Waals surface area contributed by atoms with Gasteiger partial charge in [-0.25, -0.2) is 13.6 Å². The molecule has 1 atom stereocenters. The molecule has 0 aromatic heterocycles. The van der Waals surface area contributed by atoms with E-state index in [1.165, 1.54) is 0 Å². The first-order valence-corrected chi connectivity index (χ1v) is 4.21. The summed E-state index contributed by atoms with van der Waals surface area (Å²) in [7, 11) is 0. The Morgan fingerprint density at radius 3 is 2.85 bits per heavy atom. The maximum Gasteiger partial charge on any atom is 0.335 e. The van der Waals surface area contributed by atoms with Crippen molar-refractivity contribution >= 4 is 5.97 Å². The SMILES string of the molecule is CCOC(=O)C1CCC(F)(F)CO1. The number of carbonyl (C=O) groups is 1. The minimum Gasteiger partial charge on any atom is -0.464 e. The van der Waals surface area contributed by atoms with Crippen molar-refractivity contribution in [1.82, 2.24) is 0 Å². The fourth-order valence-corrected chi connectivity index (χ4v) is 1.14. The highest BCUT2D eigenvalue weighted by molar-refractivity contribution is 5.74. The zero-order valence-electron chi connectivity index (χ0n) is 7.39. The molecule has 76 valence electrons. The fraction of sp³-hybridized carbons (Fsp3) is 0.875. The fourth-order valence-electron chi connectivity index (χ4n) is 1.14. The molecular formula is C8H12F2O3. The van der Waals surface area contributed by atoms with E-state index in [4.69, 9.17) is 0 Å². The molecule has 0 radical (unpaired) electrons. The van der Waals surface area contributed by atoms with Crippen LogP contribution in [-0.2, 0) is 14.3 Å². The molecule has 1 rings (SSSR count). The molecule has 0 bridgehead atoms. The highest BCUT2D eigenvalue weighted by Gasteiger charge is 2.38. The molecule has 0 aromatic rings. The zero-order chi connectivity index (χ0) is 9.90. The van der Waals surface area contributed by atoms with E-state index in [1.807, 2.05) is 0 Å². The molecule has 5 heteroatoms. The number of esters is 1. The van der Waals surface area contributed by atoms with Crippen molar-refractivity contribution in [3.05, 3.63) is 0 Å². The van der Waals surface area contributed by atoms with E-state index in [9.17, 15) is 13.6 Å². The topological polar surface area (TPSA) is 35.5 Å². The monoisotopic (exact) mass is 194 g/mol. The van der Waals surface area contributed by atoms with Crippen LogP contribution in [0.2, 0.25) is 0 Å². The van der Waals surface area contributed by atoms with Gasteiger partial charge in [0.25, 0.3) is 5.92 Å². The quantitative estimate of drug-likeness (QED) is 0.623. The number of hydrogen-bond donors (Lipinski definition) is 0. The number of halogens is 2. The number of carbonyl (C=O) groups excluding carboxylic acids is 1. The Morgan fingerprint density at radius 2 is 2.38 bits per heavy atom. The molecule has 0 spiro atoms. The van der Waals surface area contributed by atoms with Gasteiger partial charge in [-0.05, 0) is 13.3 Å². The molecule has 1 aliphatic rings. The van der Waals surface area contributed by atoms with Crippen molar-refractivity contribution in [1.29, 1.82) is 0 Å². The van der Waals surface area contributed by atoms with E-state index in [0.717, 1.165) is 0 Å². The van der Waals surface area contributed by atoms with Crippen LogP contribution in [-0.4, -0.2) is 31.2 Å². The third-order valence-electron chi connectivity index (χ3n) is 1.82. The summed E-state index contributed by atoms with van der Waals surface area (Å²) in [5, 5.41) is 0. The first kappa shape index (κ1) is 10.4. The molecule has 0 aliphatic carbocycles. The summed E-state index contributed by atoms with van der Waals surface area (Å²) in [5.41, 5.74) is 0. The smallest absolute Gasteiger partial charge is 0.335 e. The van der Waals surface area contributed by atoms with Gasteiger partial charge in [-0.3, -0.25) is 0 Å². The second-order valence-electron chi connectivity index (χ2n) is 2.95. The Labute approximate surface area is 75.0 Å². The van der Waals surface area contributed by atoms with Gasteiger partial charge in [0.15, 0.2) is 6.10 Å². The number of ether oxygens (including phenoxy) is 2. The maximum atomic E-state index is 12.5. The maximum absolute atomic E-state index is 12.5. The molecule has 1 aliphatic heterocycles. The second kappa shape index (κ2) is 4.00. The van der Waals surface area contributed by atoms with Crippen LogP contribution in [0.5, 0.6) is 0 Å². The molecule has 0 aromatic carbocycles. The first-order chi connectivity index (χ1) is 6.05. The van der Waals surface area contributed by atoms with Gasteiger partial charge in [0, 0.05) is 6.42 Å². The van der Waals surface area contributed by atoms with Crippen LogP contribution < -0.4 is 0 Å². The molecule has 13 heavy (non-hydrogen) atoms. The Bertz CT molecular complexity index is 184. The van der Waals surface area contributed by atoms with Crippen molar-refractivity contribution in [2.24, 2.45) is 0 Å². The van der Waals surface area contributed by atoms with Gasteiger partial charge in [0.05, 0.1) is 6.61 Å². The van der Waals surface area contributed by atoms with Gasteiger partial charge in [0.2, 0.25) is 0 Å². The predicted octanol–water partition coefficient (Wildman–Crippen LogP) is 1.36. The van der Waals surface area contributed by atoms with Gasteiger partial charge >= 0.3 is 5.97 Å². The van der Waals surface area contributed by atoms with Crippen LogP contribution in [0.15, 0.2) is 0 Å². The number of alkyl halides is 2. The Hall–Kier alpha value is -0.710. The van der Waals surface area contributed by atoms with Crippen molar-refractivity contribution in [3.63, 3.8) is 0 Å². The van der Waals surface area contributed by atoms with Crippen LogP contribution in [0.3, 0.4) is 0 Å². The van der Waals surface area contributed by atoms with Crippen LogP contribution in [0.1, 0.15) is 19.8 Å². The molecule has 0 N–H and O–H groups in total. The van der Waals surface area contributed by atoms with Crippen molar-refractivity contribution < 1.29 is 23.0 Å². The van der Waals surface area contributed by atoms with Crippen molar-refractivity contribution in [2.75, 3.05) is 13.2 Å². The van der Waals surface area contributed by atoms with Gasteiger partial charge in [-0.2, -0.15) is 0 Å². The lowest BCUT2D eigenvalue weighted by molar-refractivity contribution is -0.179. The Kier molecular flexibility index (Phi) is 3.19. The van der Waals surface area contributed by atoms with Gasteiger partial charge in [-0.15, -0.1) is 0 Å². The summed E-state index contributed by atoms with van der Waals surface area (Å²) in [6.07, 6.45) is -1.08. The van der Waals surface area contributed by atoms with Gasteiger partial charge < -0.3 is 9.47 Å². The molecule has 0 saturated carbocycles. The summed E-state index contributed by atoms with van der Waals surface area (Å²) in [6, 6.07) is 0. The lowest BCUT2D eigenvalue weighted by Gasteiger charge is -2.27. The summed E-state index contributed by atoms with van der Waals surface area (Å²) in [4.78, 5) is 11.0. The standard InChI is InChI=1S/C8H12F2O3/c1-2-12-7(11)6-3-4-8(9,10)5-13-6/h6H,2-5H2,1H3. The predicted molar refractivity (Wildman–Crippen MR) is 40.6 cm³/mol. The minimum atomic E-state index is -2.79. The third kappa shape index (κ3) is 2.91. The highest BCUT2D eigenvalue weighted by Crippen LogP contribution is 2.28. The second-order valence-corrected chi connectivity index (χ2v) is 2.95. The molecule has 3 nitrogen and oxygen atoms in total. The third-order valence-corrected chi connectivity index (χ3v) is 1.82. The van der Waals surface area contributed by atoms with Gasteiger partial charge in [-0.1, -0.05) is 0 Å². The zero-order valence-corrected chi connectivity index (χ0v) is 7.39. The lowest BCUT2D eigenvalue weighted by Crippen LogP contribution is -2.39. The number of rotatable bonds is 2. The highest BCUT2D eigenvalue weighted by atomic mass is 19.3.